The number of nitro groups is 1. The topological polar surface area (TPSA) is 81.5 Å². The predicted molar refractivity (Wildman–Crippen MR) is 82.9 cm³/mol. The summed E-state index contributed by atoms with van der Waals surface area (Å²) in [5.41, 5.74) is 2.51. The van der Waals surface area contributed by atoms with Crippen LogP contribution in [0.4, 0.5) is 11.4 Å². The third kappa shape index (κ3) is 3.60. The fourth-order valence-electron chi connectivity index (χ4n) is 1.98. The zero-order valence-corrected chi connectivity index (χ0v) is 12.3. The molecule has 114 valence electrons. The Morgan fingerprint density at radius 2 is 1.91 bits per heavy atom. The van der Waals surface area contributed by atoms with Gasteiger partial charge in [-0.1, -0.05) is 29.8 Å². The van der Waals surface area contributed by atoms with E-state index in [2.05, 4.69) is 10.1 Å². The third-order valence-corrected chi connectivity index (χ3v) is 3.22. The molecule has 0 aromatic heterocycles. The molecule has 0 saturated heterocycles. The highest BCUT2D eigenvalue weighted by Gasteiger charge is 2.17. The van der Waals surface area contributed by atoms with Crippen LogP contribution in [0.2, 0.25) is 0 Å². The van der Waals surface area contributed by atoms with Crippen LogP contribution in [0.1, 0.15) is 21.5 Å². The Morgan fingerprint density at radius 3 is 2.50 bits per heavy atom. The average Bonchev–Trinajstić information content (AvgIpc) is 2.53. The summed E-state index contributed by atoms with van der Waals surface area (Å²) >= 11 is 0. The van der Waals surface area contributed by atoms with Crippen LogP contribution < -0.4 is 5.32 Å². The Kier molecular flexibility index (Phi) is 4.73. The van der Waals surface area contributed by atoms with Gasteiger partial charge < -0.3 is 10.1 Å². The number of hydrogen-bond acceptors (Lipinski definition) is 5. The van der Waals surface area contributed by atoms with Crippen molar-refractivity contribution in [1.82, 2.24) is 0 Å². The first-order valence-electron chi connectivity index (χ1n) is 6.67. The maximum Gasteiger partial charge on any atom is 0.338 e. The van der Waals surface area contributed by atoms with Crippen LogP contribution >= 0.6 is 0 Å². The lowest BCUT2D eigenvalue weighted by atomic mass is 10.1. The number of esters is 1. The fourth-order valence-corrected chi connectivity index (χ4v) is 1.98. The summed E-state index contributed by atoms with van der Waals surface area (Å²) in [7, 11) is 1.23. The van der Waals surface area contributed by atoms with Gasteiger partial charge in [0.1, 0.15) is 5.69 Å². The SMILES string of the molecule is COC(=O)c1ccc(NCc2ccc(C)cc2)c([N+](=O)[O-])c1. The molecule has 0 bridgehead atoms. The van der Waals surface area contributed by atoms with Crippen molar-refractivity contribution in [2.45, 2.75) is 13.5 Å². The third-order valence-electron chi connectivity index (χ3n) is 3.22. The number of carbonyl (C=O) groups excluding carboxylic acids is 1. The van der Waals surface area contributed by atoms with Gasteiger partial charge in [-0.15, -0.1) is 0 Å². The second kappa shape index (κ2) is 6.71. The molecule has 22 heavy (non-hydrogen) atoms. The van der Waals surface area contributed by atoms with Crippen LogP contribution in [0.5, 0.6) is 0 Å². The number of nitro benzene ring substituents is 1. The summed E-state index contributed by atoms with van der Waals surface area (Å²) < 4.78 is 4.57. The molecule has 0 aliphatic rings. The zero-order chi connectivity index (χ0) is 16.1. The Morgan fingerprint density at radius 1 is 1.23 bits per heavy atom. The van der Waals surface area contributed by atoms with E-state index >= 15 is 0 Å². The summed E-state index contributed by atoms with van der Waals surface area (Å²) in [6, 6.07) is 12.1. The lowest BCUT2D eigenvalue weighted by Crippen LogP contribution is -2.06. The Balaban J connectivity index is 2.21. The van der Waals surface area contributed by atoms with Gasteiger partial charge in [0, 0.05) is 12.6 Å². The molecule has 0 spiro atoms. The Hall–Kier alpha value is -2.89. The molecule has 6 heteroatoms. The van der Waals surface area contributed by atoms with E-state index in [1.54, 1.807) is 0 Å². The quantitative estimate of drug-likeness (QED) is 0.520. The second-order valence-corrected chi connectivity index (χ2v) is 4.82. The van der Waals surface area contributed by atoms with Gasteiger partial charge in [-0.25, -0.2) is 4.79 Å². The highest BCUT2D eigenvalue weighted by molar-refractivity contribution is 5.91. The first-order chi connectivity index (χ1) is 10.5. The second-order valence-electron chi connectivity index (χ2n) is 4.82. The molecule has 0 unspecified atom stereocenters. The number of aryl methyl sites for hydroxylation is 1. The normalized spacial score (nSPS) is 10.1. The van der Waals surface area contributed by atoms with Gasteiger partial charge in [0.2, 0.25) is 0 Å². The number of rotatable bonds is 5. The standard InChI is InChI=1S/C16H16N2O4/c1-11-3-5-12(6-4-11)10-17-14-8-7-13(16(19)22-2)9-15(14)18(20)21/h3-9,17H,10H2,1-2H3. The number of nitrogens with one attached hydrogen (secondary N) is 1. The van der Waals surface area contributed by atoms with Crippen molar-refractivity contribution in [3.63, 3.8) is 0 Å². The van der Waals surface area contributed by atoms with E-state index in [-0.39, 0.29) is 11.3 Å². The summed E-state index contributed by atoms with van der Waals surface area (Å²) in [4.78, 5) is 22.1. The number of anilines is 1. The van der Waals surface area contributed by atoms with Crippen LogP contribution in [0.25, 0.3) is 0 Å². The highest BCUT2D eigenvalue weighted by atomic mass is 16.6. The van der Waals surface area contributed by atoms with E-state index in [1.165, 1.54) is 25.3 Å². The smallest absolute Gasteiger partial charge is 0.338 e. The van der Waals surface area contributed by atoms with Gasteiger partial charge >= 0.3 is 5.97 Å². The molecule has 0 aliphatic carbocycles. The van der Waals surface area contributed by atoms with Crippen LogP contribution in [-0.4, -0.2) is 18.0 Å². The van der Waals surface area contributed by atoms with Crippen molar-refractivity contribution in [2.75, 3.05) is 12.4 Å². The van der Waals surface area contributed by atoms with Crippen LogP contribution in [0.15, 0.2) is 42.5 Å². The van der Waals surface area contributed by atoms with Gasteiger partial charge in [0.15, 0.2) is 0 Å². The molecule has 0 fully saturated rings. The summed E-state index contributed by atoms with van der Waals surface area (Å²) in [5, 5.41) is 14.2. The fraction of sp³-hybridized carbons (Fsp3) is 0.188. The number of methoxy groups -OCH3 is 1. The number of hydrogen-bond donors (Lipinski definition) is 1. The van der Waals surface area contributed by atoms with Gasteiger partial charge in [-0.05, 0) is 24.6 Å². The van der Waals surface area contributed by atoms with Crippen molar-refractivity contribution >= 4 is 17.3 Å². The van der Waals surface area contributed by atoms with Crippen molar-refractivity contribution in [3.8, 4) is 0 Å². The largest absolute Gasteiger partial charge is 0.465 e. The lowest BCUT2D eigenvalue weighted by Gasteiger charge is -2.08. The molecule has 0 heterocycles. The van der Waals surface area contributed by atoms with Gasteiger partial charge in [-0.3, -0.25) is 10.1 Å². The molecular weight excluding hydrogens is 284 g/mol. The molecule has 0 amide bonds. The first-order valence-corrected chi connectivity index (χ1v) is 6.67. The molecule has 6 nitrogen and oxygen atoms in total. The highest BCUT2D eigenvalue weighted by Crippen LogP contribution is 2.26. The molecule has 2 aromatic rings. The summed E-state index contributed by atoms with van der Waals surface area (Å²) in [6.45, 7) is 2.45. The predicted octanol–water partition coefficient (Wildman–Crippen LogP) is 3.30. The number of carbonyl (C=O) groups is 1. The number of ether oxygens (including phenoxy) is 1. The van der Waals surface area contributed by atoms with Gasteiger partial charge in [0.05, 0.1) is 17.6 Å². The van der Waals surface area contributed by atoms with Crippen molar-refractivity contribution in [1.29, 1.82) is 0 Å². The van der Waals surface area contributed by atoms with Gasteiger partial charge in [0.25, 0.3) is 5.69 Å². The first kappa shape index (κ1) is 15.5. The molecule has 0 saturated carbocycles. The molecule has 2 rings (SSSR count). The van der Waals surface area contributed by atoms with Crippen LogP contribution in [0.3, 0.4) is 0 Å². The maximum atomic E-state index is 11.4. The minimum absolute atomic E-state index is 0.148. The van der Waals surface area contributed by atoms with Crippen molar-refractivity contribution in [3.05, 3.63) is 69.3 Å². The van der Waals surface area contributed by atoms with E-state index in [4.69, 9.17) is 0 Å². The van der Waals surface area contributed by atoms with E-state index in [0.717, 1.165) is 11.1 Å². The monoisotopic (exact) mass is 300 g/mol. The zero-order valence-electron chi connectivity index (χ0n) is 12.3. The van der Waals surface area contributed by atoms with E-state index in [1.807, 2.05) is 31.2 Å². The lowest BCUT2D eigenvalue weighted by molar-refractivity contribution is -0.384. The number of nitrogens with zero attached hydrogens (tertiary/aromatic N) is 1. The van der Waals surface area contributed by atoms with Crippen LogP contribution in [0, 0.1) is 17.0 Å². The molecule has 0 atom stereocenters. The molecule has 0 radical (unpaired) electrons. The minimum Gasteiger partial charge on any atom is -0.465 e. The Bertz CT molecular complexity index is 696. The Labute approximate surface area is 127 Å². The summed E-state index contributed by atoms with van der Waals surface area (Å²) in [5.74, 6) is -0.604. The molecular formula is C16H16N2O4. The maximum absolute atomic E-state index is 11.4. The van der Waals surface area contributed by atoms with Crippen molar-refractivity contribution in [2.24, 2.45) is 0 Å². The van der Waals surface area contributed by atoms with E-state index in [0.29, 0.717) is 12.2 Å². The van der Waals surface area contributed by atoms with Gasteiger partial charge in [-0.2, -0.15) is 0 Å². The average molecular weight is 300 g/mol. The molecule has 2 aromatic carbocycles. The van der Waals surface area contributed by atoms with E-state index in [9.17, 15) is 14.9 Å². The molecule has 1 N–H and O–H groups in total. The minimum atomic E-state index is -0.604. The van der Waals surface area contributed by atoms with Crippen LogP contribution in [-0.2, 0) is 11.3 Å². The summed E-state index contributed by atoms with van der Waals surface area (Å²) in [6.07, 6.45) is 0. The number of benzene rings is 2. The molecule has 0 aliphatic heterocycles. The van der Waals surface area contributed by atoms with Crippen molar-refractivity contribution < 1.29 is 14.5 Å². The van der Waals surface area contributed by atoms with E-state index < -0.39 is 10.9 Å².